The number of pyridine rings is 1. The molecule has 2 aromatic carbocycles. The second-order valence-electron chi connectivity index (χ2n) is 7.60. The molecule has 0 saturated heterocycles. The van der Waals surface area contributed by atoms with Crippen LogP contribution >= 0.6 is 0 Å². The summed E-state index contributed by atoms with van der Waals surface area (Å²) in [5, 5.41) is 8.93. The number of fused-ring (bicyclic) bond motifs is 1. The minimum atomic E-state index is -0.112. The Bertz CT molecular complexity index is 1210. The lowest BCUT2D eigenvalue weighted by Gasteiger charge is -2.14. The molecule has 4 aromatic rings. The first-order valence-electron chi connectivity index (χ1n) is 10.1. The average molecular weight is 402 g/mol. The third kappa shape index (κ3) is 4.14. The number of ether oxygens (including phenoxy) is 1. The highest BCUT2D eigenvalue weighted by Gasteiger charge is 2.13. The average Bonchev–Trinajstić information content (AvgIpc) is 3.05. The van der Waals surface area contributed by atoms with Crippen LogP contribution in [0.2, 0.25) is 0 Å². The van der Waals surface area contributed by atoms with Crippen molar-refractivity contribution in [3.05, 3.63) is 87.8 Å². The number of para-hydroxylation sites is 2. The summed E-state index contributed by atoms with van der Waals surface area (Å²) in [6.45, 7) is 7.05. The first kappa shape index (κ1) is 19.9. The van der Waals surface area contributed by atoms with E-state index in [0.29, 0.717) is 24.3 Å². The number of aromatic amines is 1. The van der Waals surface area contributed by atoms with Gasteiger partial charge >= 0.3 is 0 Å². The van der Waals surface area contributed by atoms with Gasteiger partial charge < -0.3 is 15.0 Å². The van der Waals surface area contributed by atoms with Crippen molar-refractivity contribution in [1.82, 2.24) is 20.1 Å². The molecule has 0 fully saturated rings. The summed E-state index contributed by atoms with van der Waals surface area (Å²) < 4.78 is 7.65. The van der Waals surface area contributed by atoms with Crippen LogP contribution in [-0.4, -0.2) is 20.9 Å². The Morgan fingerprint density at radius 3 is 2.50 bits per heavy atom. The Balaban J connectivity index is 1.56. The highest BCUT2D eigenvalue weighted by atomic mass is 16.5. The zero-order valence-electron chi connectivity index (χ0n) is 17.5. The minimum Gasteiger partial charge on any atom is -0.491 e. The van der Waals surface area contributed by atoms with Gasteiger partial charge in [-0.25, -0.2) is 4.68 Å². The van der Waals surface area contributed by atoms with Crippen LogP contribution in [0.15, 0.2) is 65.5 Å². The monoisotopic (exact) mass is 402 g/mol. The number of aryl methyl sites for hydroxylation is 1. The number of benzene rings is 2. The molecule has 0 unspecified atom stereocenters. The van der Waals surface area contributed by atoms with Gasteiger partial charge in [0.1, 0.15) is 11.4 Å². The van der Waals surface area contributed by atoms with Crippen LogP contribution in [0.25, 0.3) is 16.7 Å². The van der Waals surface area contributed by atoms with Gasteiger partial charge in [-0.2, -0.15) is 5.10 Å². The van der Waals surface area contributed by atoms with E-state index in [9.17, 15) is 4.79 Å². The summed E-state index contributed by atoms with van der Waals surface area (Å²) in [5.74, 6) is 0.865. The van der Waals surface area contributed by atoms with Crippen LogP contribution in [0.3, 0.4) is 0 Å². The van der Waals surface area contributed by atoms with Crippen molar-refractivity contribution in [3.8, 4) is 11.4 Å². The standard InChI is InChI=1S/C24H26N4O2/c1-16(2)30-22-12-8-7-9-18(22)14-25-15-19-13-21-17(3)27-28(23(21)26-24(19)29)20-10-5-4-6-11-20/h4-13,16,25H,14-15H2,1-3H3,(H,26,29). The molecular formula is C24H26N4O2. The number of hydrogen-bond donors (Lipinski definition) is 2. The van der Waals surface area contributed by atoms with Gasteiger partial charge in [-0.05, 0) is 45.0 Å². The number of nitrogens with zero attached hydrogens (tertiary/aromatic N) is 2. The molecule has 0 saturated carbocycles. The van der Waals surface area contributed by atoms with E-state index in [1.807, 2.05) is 81.4 Å². The minimum absolute atomic E-state index is 0.112. The Hall–Kier alpha value is -3.38. The lowest BCUT2D eigenvalue weighted by Crippen LogP contribution is -2.21. The third-order valence-corrected chi connectivity index (χ3v) is 4.92. The molecule has 0 aliphatic rings. The van der Waals surface area contributed by atoms with Crippen molar-refractivity contribution >= 4 is 11.0 Å². The SMILES string of the molecule is Cc1nn(-c2ccccc2)c2[nH]c(=O)c(CNCc3ccccc3OC(C)C)cc12. The van der Waals surface area contributed by atoms with Gasteiger partial charge in [-0.15, -0.1) is 0 Å². The lowest BCUT2D eigenvalue weighted by atomic mass is 10.1. The van der Waals surface area contributed by atoms with Gasteiger partial charge in [0.15, 0.2) is 0 Å². The molecule has 0 atom stereocenters. The summed E-state index contributed by atoms with van der Waals surface area (Å²) in [5.41, 5.74) is 4.14. The predicted octanol–water partition coefficient (Wildman–Crippen LogP) is 4.10. The van der Waals surface area contributed by atoms with Crippen LogP contribution in [-0.2, 0) is 13.1 Å². The van der Waals surface area contributed by atoms with E-state index in [4.69, 9.17) is 4.74 Å². The molecule has 0 radical (unpaired) electrons. The first-order valence-corrected chi connectivity index (χ1v) is 10.1. The molecule has 0 spiro atoms. The van der Waals surface area contributed by atoms with Crippen LogP contribution in [0.5, 0.6) is 5.75 Å². The fourth-order valence-electron chi connectivity index (χ4n) is 3.50. The van der Waals surface area contributed by atoms with E-state index in [2.05, 4.69) is 15.4 Å². The Morgan fingerprint density at radius 1 is 1.03 bits per heavy atom. The maximum atomic E-state index is 12.7. The Kier molecular flexibility index (Phi) is 5.68. The second kappa shape index (κ2) is 8.55. The summed E-state index contributed by atoms with van der Waals surface area (Å²) in [6.07, 6.45) is 0.112. The molecule has 4 rings (SSSR count). The predicted molar refractivity (Wildman–Crippen MR) is 119 cm³/mol. The zero-order chi connectivity index (χ0) is 21.1. The molecule has 0 amide bonds. The molecule has 0 aliphatic carbocycles. The number of aromatic nitrogens is 3. The molecule has 6 heteroatoms. The van der Waals surface area contributed by atoms with E-state index in [1.165, 1.54) is 0 Å². The molecule has 2 heterocycles. The Morgan fingerprint density at radius 2 is 1.73 bits per heavy atom. The van der Waals surface area contributed by atoms with Crippen molar-refractivity contribution in [2.24, 2.45) is 0 Å². The number of rotatable bonds is 7. The number of nitrogens with one attached hydrogen (secondary N) is 2. The molecule has 0 aliphatic heterocycles. The van der Waals surface area contributed by atoms with Crippen molar-refractivity contribution in [1.29, 1.82) is 0 Å². The quantitative estimate of drug-likeness (QED) is 0.488. The van der Waals surface area contributed by atoms with Gasteiger partial charge in [-0.1, -0.05) is 36.4 Å². The van der Waals surface area contributed by atoms with Crippen molar-refractivity contribution in [2.75, 3.05) is 0 Å². The van der Waals surface area contributed by atoms with E-state index >= 15 is 0 Å². The van der Waals surface area contributed by atoms with Gasteiger partial charge in [-0.3, -0.25) is 4.79 Å². The smallest absolute Gasteiger partial charge is 0.254 e. The van der Waals surface area contributed by atoms with Crippen LogP contribution in [0.4, 0.5) is 0 Å². The fraction of sp³-hybridized carbons (Fsp3) is 0.250. The van der Waals surface area contributed by atoms with Gasteiger partial charge in [0.25, 0.3) is 5.56 Å². The molecule has 2 N–H and O–H groups in total. The van der Waals surface area contributed by atoms with E-state index in [-0.39, 0.29) is 11.7 Å². The molecule has 6 nitrogen and oxygen atoms in total. The molecule has 30 heavy (non-hydrogen) atoms. The van der Waals surface area contributed by atoms with E-state index < -0.39 is 0 Å². The maximum Gasteiger partial charge on any atom is 0.254 e. The van der Waals surface area contributed by atoms with Crippen LogP contribution < -0.4 is 15.6 Å². The lowest BCUT2D eigenvalue weighted by molar-refractivity contribution is 0.239. The normalized spacial score (nSPS) is 11.3. The van der Waals surface area contributed by atoms with Crippen molar-refractivity contribution in [3.63, 3.8) is 0 Å². The topological polar surface area (TPSA) is 71.9 Å². The van der Waals surface area contributed by atoms with Gasteiger partial charge in [0.2, 0.25) is 0 Å². The Labute approximate surface area is 175 Å². The summed E-state index contributed by atoms with van der Waals surface area (Å²) in [6, 6.07) is 19.7. The highest BCUT2D eigenvalue weighted by Crippen LogP contribution is 2.21. The molecule has 0 bridgehead atoms. The second-order valence-corrected chi connectivity index (χ2v) is 7.60. The van der Waals surface area contributed by atoms with Crippen LogP contribution in [0, 0.1) is 6.92 Å². The fourth-order valence-corrected chi connectivity index (χ4v) is 3.50. The third-order valence-electron chi connectivity index (χ3n) is 4.92. The largest absolute Gasteiger partial charge is 0.491 e. The van der Waals surface area contributed by atoms with E-state index in [1.54, 1.807) is 4.68 Å². The van der Waals surface area contributed by atoms with Crippen LogP contribution in [0.1, 0.15) is 30.7 Å². The van der Waals surface area contributed by atoms with E-state index in [0.717, 1.165) is 28.1 Å². The number of H-pyrrole nitrogens is 1. The molecule has 2 aromatic heterocycles. The number of hydrogen-bond acceptors (Lipinski definition) is 4. The van der Waals surface area contributed by atoms with Gasteiger partial charge in [0, 0.05) is 29.6 Å². The summed E-state index contributed by atoms with van der Waals surface area (Å²) in [4.78, 5) is 15.7. The van der Waals surface area contributed by atoms with Crippen molar-refractivity contribution < 1.29 is 4.74 Å². The van der Waals surface area contributed by atoms with Crippen molar-refractivity contribution in [2.45, 2.75) is 40.0 Å². The molecule has 154 valence electrons. The van der Waals surface area contributed by atoms with Gasteiger partial charge in [0.05, 0.1) is 17.5 Å². The maximum absolute atomic E-state index is 12.7. The molecular weight excluding hydrogens is 376 g/mol. The highest BCUT2D eigenvalue weighted by molar-refractivity contribution is 5.80. The summed E-state index contributed by atoms with van der Waals surface area (Å²) in [7, 11) is 0. The zero-order valence-corrected chi connectivity index (χ0v) is 17.5. The first-order chi connectivity index (χ1) is 14.5. The summed E-state index contributed by atoms with van der Waals surface area (Å²) >= 11 is 0.